The van der Waals surface area contributed by atoms with Crippen molar-refractivity contribution in [2.45, 2.75) is 23.8 Å². The van der Waals surface area contributed by atoms with Crippen LogP contribution in [-0.4, -0.2) is 50.8 Å². The van der Waals surface area contributed by atoms with E-state index >= 15 is 0 Å². The Kier molecular flexibility index (Phi) is 6.01. The van der Waals surface area contributed by atoms with Gasteiger partial charge in [0.25, 0.3) is 11.8 Å². The van der Waals surface area contributed by atoms with E-state index in [1.54, 1.807) is 12.4 Å². The Balaban J connectivity index is 1.72. The number of carbonyl (C=O) groups is 3. The number of hydrogen-bond acceptors (Lipinski definition) is 7. The summed E-state index contributed by atoms with van der Waals surface area (Å²) in [6.45, 7) is 0. The minimum absolute atomic E-state index is 0.0383. The molecule has 9 nitrogen and oxygen atoms in total. The summed E-state index contributed by atoms with van der Waals surface area (Å²) in [5, 5.41) is 6.45. The second kappa shape index (κ2) is 8.31. The van der Waals surface area contributed by atoms with Gasteiger partial charge in [-0.05, 0) is 48.6 Å². The predicted octanol–water partition coefficient (Wildman–Crippen LogP) is 2.28. The van der Waals surface area contributed by atoms with Gasteiger partial charge in [-0.25, -0.2) is 13.2 Å². The van der Waals surface area contributed by atoms with E-state index in [0.717, 1.165) is 31.3 Å². The molecule has 29 heavy (non-hydrogen) atoms. The van der Waals surface area contributed by atoms with Crippen molar-refractivity contribution in [3.63, 3.8) is 0 Å². The van der Waals surface area contributed by atoms with E-state index in [9.17, 15) is 22.8 Å². The smallest absolute Gasteiger partial charge is 0.413 e. The zero-order valence-electron chi connectivity index (χ0n) is 15.7. The van der Waals surface area contributed by atoms with Gasteiger partial charge in [-0.3, -0.25) is 14.9 Å². The molecular formula is C18H19N3O6S2. The van der Waals surface area contributed by atoms with Crippen LogP contribution in [0.15, 0.2) is 40.6 Å². The van der Waals surface area contributed by atoms with E-state index in [0.29, 0.717) is 0 Å². The van der Waals surface area contributed by atoms with Gasteiger partial charge in [-0.2, -0.15) is 4.31 Å². The van der Waals surface area contributed by atoms with Gasteiger partial charge >= 0.3 is 6.09 Å². The quantitative estimate of drug-likeness (QED) is 0.715. The number of anilines is 1. The van der Waals surface area contributed by atoms with Crippen molar-refractivity contribution in [3.05, 3.63) is 46.8 Å². The number of benzene rings is 1. The first-order chi connectivity index (χ1) is 13.7. The summed E-state index contributed by atoms with van der Waals surface area (Å²) in [5.41, 5.74) is 0.338. The number of nitrogens with zero attached hydrogens (tertiary/aromatic N) is 1. The molecule has 154 valence electrons. The third-order valence-corrected chi connectivity index (χ3v) is 7.15. The van der Waals surface area contributed by atoms with Crippen molar-refractivity contribution >= 4 is 44.3 Å². The van der Waals surface area contributed by atoms with E-state index in [-0.39, 0.29) is 27.1 Å². The van der Waals surface area contributed by atoms with Crippen LogP contribution < -0.4 is 10.6 Å². The predicted molar refractivity (Wildman–Crippen MR) is 107 cm³/mol. The zero-order valence-corrected chi connectivity index (χ0v) is 17.3. The van der Waals surface area contributed by atoms with Gasteiger partial charge in [0.2, 0.25) is 10.0 Å². The van der Waals surface area contributed by atoms with Gasteiger partial charge in [0, 0.05) is 18.7 Å². The van der Waals surface area contributed by atoms with Gasteiger partial charge in [-0.1, -0.05) is 0 Å². The number of imide groups is 1. The Morgan fingerprint density at radius 3 is 2.34 bits per heavy atom. The number of hydrogen-bond donors (Lipinski definition) is 2. The molecule has 3 amide bonds. The molecule has 1 fully saturated rings. The van der Waals surface area contributed by atoms with Crippen LogP contribution in [0.1, 0.15) is 33.6 Å². The molecule has 0 atom stereocenters. The van der Waals surface area contributed by atoms with Crippen LogP contribution in [0, 0.1) is 0 Å². The number of amides is 3. The molecule has 1 aromatic heterocycles. The fraction of sp³-hybridized carbons (Fsp3) is 0.278. The molecule has 1 aliphatic carbocycles. The van der Waals surface area contributed by atoms with Gasteiger partial charge < -0.3 is 10.1 Å². The molecule has 0 spiro atoms. The second-order valence-corrected chi connectivity index (χ2v) is 9.25. The summed E-state index contributed by atoms with van der Waals surface area (Å²) in [6, 6.07) is 7.07. The molecule has 2 aromatic rings. The molecule has 0 saturated heterocycles. The van der Waals surface area contributed by atoms with Crippen LogP contribution in [0.2, 0.25) is 0 Å². The van der Waals surface area contributed by atoms with Crippen molar-refractivity contribution in [2.75, 3.05) is 19.5 Å². The normalized spacial score (nSPS) is 13.8. The summed E-state index contributed by atoms with van der Waals surface area (Å²) in [4.78, 5) is 35.9. The lowest BCUT2D eigenvalue weighted by atomic mass is 10.2. The van der Waals surface area contributed by atoms with E-state index < -0.39 is 27.9 Å². The lowest BCUT2D eigenvalue weighted by Gasteiger charge is -2.16. The highest BCUT2D eigenvalue weighted by Gasteiger charge is 2.35. The Bertz CT molecular complexity index is 1040. The summed E-state index contributed by atoms with van der Waals surface area (Å²) < 4.78 is 30.8. The third kappa shape index (κ3) is 4.63. The van der Waals surface area contributed by atoms with Crippen LogP contribution in [0.4, 0.5) is 9.80 Å². The van der Waals surface area contributed by atoms with Crippen LogP contribution in [0.3, 0.4) is 0 Å². The number of sulfonamides is 1. The molecule has 2 N–H and O–H groups in total. The Labute approximate surface area is 171 Å². The number of thiophene rings is 1. The summed E-state index contributed by atoms with van der Waals surface area (Å²) >= 11 is 1.11. The third-order valence-electron chi connectivity index (χ3n) is 4.39. The Morgan fingerprint density at radius 1 is 1.10 bits per heavy atom. The van der Waals surface area contributed by atoms with Gasteiger partial charge in [-0.15, -0.1) is 11.3 Å². The number of rotatable bonds is 6. The van der Waals surface area contributed by atoms with Gasteiger partial charge in [0.1, 0.15) is 5.00 Å². The first kappa shape index (κ1) is 21.0. The van der Waals surface area contributed by atoms with Gasteiger partial charge in [0.15, 0.2) is 0 Å². The Hall–Kier alpha value is -2.76. The molecule has 1 aromatic carbocycles. The highest BCUT2D eigenvalue weighted by atomic mass is 32.2. The largest absolute Gasteiger partial charge is 0.453 e. The van der Waals surface area contributed by atoms with E-state index in [1.165, 1.54) is 34.6 Å². The Morgan fingerprint density at radius 2 is 1.76 bits per heavy atom. The summed E-state index contributed by atoms with van der Waals surface area (Å²) in [5.74, 6) is -1.22. The van der Waals surface area contributed by atoms with Crippen molar-refractivity contribution in [1.29, 1.82) is 0 Å². The average molecular weight is 437 g/mol. The molecular weight excluding hydrogens is 418 g/mol. The minimum atomic E-state index is -3.59. The molecule has 0 radical (unpaired) electrons. The van der Waals surface area contributed by atoms with Crippen molar-refractivity contribution in [1.82, 2.24) is 9.62 Å². The van der Waals surface area contributed by atoms with E-state index in [4.69, 9.17) is 0 Å². The lowest BCUT2D eigenvalue weighted by molar-refractivity contribution is 0.0938. The second-order valence-electron chi connectivity index (χ2n) is 6.34. The number of carbonyl (C=O) groups excluding carboxylic acids is 3. The van der Waals surface area contributed by atoms with Crippen molar-refractivity contribution in [3.8, 4) is 0 Å². The summed E-state index contributed by atoms with van der Waals surface area (Å²) in [7, 11) is -0.916. The number of alkyl carbamates (subject to hydrolysis) is 1. The average Bonchev–Trinajstić information content (AvgIpc) is 3.45. The van der Waals surface area contributed by atoms with E-state index in [2.05, 4.69) is 10.1 Å². The first-order valence-electron chi connectivity index (χ1n) is 8.60. The molecule has 1 heterocycles. The summed E-state index contributed by atoms with van der Waals surface area (Å²) in [6.07, 6.45) is 0.790. The highest BCUT2D eigenvalue weighted by molar-refractivity contribution is 7.89. The van der Waals surface area contributed by atoms with Crippen LogP contribution in [0.5, 0.6) is 0 Å². The maximum atomic E-state index is 12.5. The molecule has 0 aliphatic heterocycles. The number of ether oxygens (including phenoxy) is 1. The maximum Gasteiger partial charge on any atom is 0.413 e. The number of methoxy groups -OCH3 is 1. The monoisotopic (exact) mass is 437 g/mol. The standard InChI is InChI=1S/C18H19N3O6S2/c1-21(12-5-6-12)29(25,26)13-7-3-11(4-8-13)15(22)19-17-14(9-10-28-17)16(23)20-18(24)27-2/h3-4,7-10,12H,5-6H2,1-2H3,(H,19,22)(H,20,23,24). The molecule has 1 aliphatic rings. The minimum Gasteiger partial charge on any atom is -0.453 e. The van der Waals surface area contributed by atoms with Crippen molar-refractivity contribution in [2.24, 2.45) is 0 Å². The maximum absolute atomic E-state index is 12.5. The lowest BCUT2D eigenvalue weighted by Crippen LogP contribution is -2.30. The SMILES string of the molecule is COC(=O)NC(=O)c1ccsc1NC(=O)c1ccc(S(=O)(=O)N(C)C2CC2)cc1. The van der Waals surface area contributed by atoms with Crippen LogP contribution >= 0.6 is 11.3 Å². The van der Waals surface area contributed by atoms with Crippen LogP contribution in [0.25, 0.3) is 0 Å². The fourth-order valence-corrected chi connectivity index (χ4v) is 4.75. The van der Waals surface area contributed by atoms with Crippen molar-refractivity contribution < 1.29 is 27.5 Å². The number of nitrogens with one attached hydrogen (secondary N) is 2. The molecule has 0 unspecified atom stereocenters. The zero-order chi connectivity index (χ0) is 21.2. The molecule has 11 heteroatoms. The molecule has 0 bridgehead atoms. The molecule has 3 rings (SSSR count). The highest BCUT2D eigenvalue weighted by Crippen LogP contribution is 2.30. The van der Waals surface area contributed by atoms with Gasteiger partial charge in [0.05, 0.1) is 17.6 Å². The molecule has 1 saturated carbocycles. The first-order valence-corrected chi connectivity index (χ1v) is 10.9. The van der Waals surface area contributed by atoms with E-state index in [1.807, 2.05) is 5.32 Å². The topological polar surface area (TPSA) is 122 Å². The fourth-order valence-electron chi connectivity index (χ4n) is 2.55. The van der Waals surface area contributed by atoms with Crippen LogP contribution in [-0.2, 0) is 14.8 Å².